The second-order valence-electron chi connectivity index (χ2n) is 9.57. The third kappa shape index (κ3) is 5.44. The van der Waals surface area contributed by atoms with Crippen molar-refractivity contribution in [3.8, 4) is 11.5 Å². The Bertz CT molecular complexity index is 1040. The second-order valence-corrected chi connectivity index (χ2v) is 9.57. The summed E-state index contributed by atoms with van der Waals surface area (Å²) < 4.78 is 11.3. The highest BCUT2D eigenvalue weighted by Gasteiger charge is 2.34. The van der Waals surface area contributed by atoms with Gasteiger partial charge < -0.3 is 29.7 Å². The van der Waals surface area contributed by atoms with Crippen molar-refractivity contribution in [2.45, 2.75) is 31.4 Å². The van der Waals surface area contributed by atoms with Gasteiger partial charge in [-0.3, -0.25) is 9.59 Å². The number of aliphatic hydroxyl groups is 1. The number of nitrogens with zero attached hydrogens (tertiary/aromatic N) is 2. The summed E-state index contributed by atoms with van der Waals surface area (Å²) in [7, 11) is 0. The van der Waals surface area contributed by atoms with E-state index in [9.17, 15) is 14.7 Å². The number of amides is 2. The smallest absolute Gasteiger partial charge is 0.253 e. The van der Waals surface area contributed by atoms with Crippen LogP contribution in [-0.4, -0.2) is 78.7 Å². The van der Waals surface area contributed by atoms with Gasteiger partial charge in [0.2, 0.25) is 5.91 Å². The lowest BCUT2D eigenvalue weighted by molar-refractivity contribution is -0.126. The Labute approximate surface area is 205 Å². The summed E-state index contributed by atoms with van der Waals surface area (Å²) in [6.07, 6.45) is 1.97. The number of nitrogens with one attached hydrogen (secondary N) is 1. The SMILES string of the molecule is O=C(N[C@H](CN1CCCC1)[C@H](O)c1ccc2c(c1)OCCO2)C1CCN(C(=O)c2ccccc2)C1. The molecule has 2 fully saturated rings. The third-order valence-electron chi connectivity index (χ3n) is 7.14. The lowest BCUT2D eigenvalue weighted by atomic mass is 9.99. The van der Waals surface area contributed by atoms with E-state index in [0.29, 0.717) is 61.9 Å². The van der Waals surface area contributed by atoms with E-state index >= 15 is 0 Å². The summed E-state index contributed by atoms with van der Waals surface area (Å²) in [5, 5.41) is 14.4. The van der Waals surface area contributed by atoms with Crippen LogP contribution in [0.3, 0.4) is 0 Å². The number of hydrogen-bond acceptors (Lipinski definition) is 6. The van der Waals surface area contributed by atoms with Crippen LogP contribution in [0.25, 0.3) is 0 Å². The highest BCUT2D eigenvalue weighted by atomic mass is 16.6. The summed E-state index contributed by atoms with van der Waals surface area (Å²) >= 11 is 0. The minimum Gasteiger partial charge on any atom is -0.486 e. The highest BCUT2D eigenvalue weighted by Crippen LogP contribution is 2.33. The average Bonchev–Trinajstić information content (AvgIpc) is 3.60. The van der Waals surface area contributed by atoms with Gasteiger partial charge in [0.1, 0.15) is 19.3 Å². The normalized spacial score (nSPS) is 21.5. The van der Waals surface area contributed by atoms with E-state index in [1.54, 1.807) is 23.1 Å². The summed E-state index contributed by atoms with van der Waals surface area (Å²) in [5.74, 6) is 0.822. The molecule has 2 N–H and O–H groups in total. The molecule has 0 spiro atoms. The quantitative estimate of drug-likeness (QED) is 0.633. The Morgan fingerprint density at radius 1 is 1.00 bits per heavy atom. The largest absolute Gasteiger partial charge is 0.486 e. The zero-order valence-electron chi connectivity index (χ0n) is 19.9. The van der Waals surface area contributed by atoms with E-state index in [0.717, 1.165) is 25.9 Å². The van der Waals surface area contributed by atoms with E-state index in [1.807, 2.05) is 30.3 Å². The molecule has 186 valence electrons. The molecule has 3 heterocycles. The minimum atomic E-state index is -0.890. The molecule has 2 aromatic carbocycles. The van der Waals surface area contributed by atoms with Crippen molar-refractivity contribution in [1.82, 2.24) is 15.1 Å². The molecule has 0 bridgehead atoms. The van der Waals surface area contributed by atoms with Gasteiger partial charge in [-0.2, -0.15) is 0 Å². The Morgan fingerprint density at radius 2 is 1.74 bits per heavy atom. The first kappa shape index (κ1) is 23.6. The van der Waals surface area contributed by atoms with E-state index in [-0.39, 0.29) is 17.7 Å². The number of likely N-dealkylation sites (tertiary alicyclic amines) is 2. The van der Waals surface area contributed by atoms with E-state index in [1.165, 1.54) is 0 Å². The van der Waals surface area contributed by atoms with Crippen molar-refractivity contribution in [2.75, 3.05) is 45.9 Å². The predicted molar refractivity (Wildman–Crippen MR) is 130 cm³/mol. The Balaban J connectivity index is 1.27. The molecule has 3 atom stereocenters. The number of benzene rings is 2. The van der Waals surface area contributed by atoms with Crippen LogP contribution in [0.5, 0.6) is 11.5 Å². The number of carbonyl (C=O) groups excluding carboxylic acids is 2. The van der Waals surface area contributed by atoms with Gasteiger partial charge in [-0.05, 0) is 62.2 Å². The molecule has 2 saturated heterocycles. The first-order valence-corrected chi connectivity index (χ1v) is 12.5. The minimum absolute atomic E-state index is 0.0502. The molecule has 5 rings (SSSR count). The van der Waals surface area contributed by atoms with Gasteiger partial charge in [0.25, 0.3) is 5.91 Å². The number of fused-ring (bicyclic) bond motifs is 1. The van der Waals surface area contributed by atoms with Crippen LogP contribution >= 0.6 is 0 Å². The monoisotopic (exact) mass is 479 g/mol. The molecule has 8 heteroatoms. The lowest BCUT2D eigenvalue weighted by Gasteiger charge is -2.30. The molecule has 2 aromatic rings. The van der Waals surface area contributed by atoms with Crippen molar-refractivity contribution in [1.29, 1.82) is 0 Å². The molecule has 0 aromatic heterocycles. The maximum absolute atomic E-state index is 13.3. The number of aliphatic hydroxyl groups excluding tert-OH is 1. The Hall–Kier alpha value is -3.10. The van der Waals surface area contributed by atoms with E-state index in [2.05, 4.69) is 10.2 Å². The molecule has 3 aliphatic heterocycles. The van der Waals surface area contributed by atoms with Crippen LogP contribution < -0.4 is 14.8 Å². The Morgan fingerprint density at radius 3 is 2.51 bits per heavy atom. The maximum atomic E-state index is 13.3. The fraction of sp³-hybridized carbons (Fsp3) is 0.481. The van der Waals surface area contributed by atoms with Gasteiger partial charge in [0.05, 0.1) is 12.0 Å². The maximum Gasteiger partial charge on any atom is 0.253 e. The highest BCUT2D eigenvalue weighted by molar-refractivity contribution is 5.95. The molecule has 0 saturated carbocycles. The summed E-state index contributed by atoms with van der Waals surface area (Å²) in [6, 6.07) is 14.1. The van der Waals surface area contributed by atoms with Crippen LogP contribution in [0.2, 0.25) is 0 Å². The molecule has 0 aliphatic carbocycles. The average molecular weight is 480 g/mol. The van der Waals surface area contributed by atoms with Crippen molar-refractivity contribution in [2.24, 2.45) is 5.92 Å². The van der Waals surface area contributed by atoms with Gasteiger partial charge in [0.15, 0.2) is 11.5 Å². The Kier molecular flexibility index (Phi) is 7.20. The zero-order valence-corrected chi connectivity index (χ0v) is 19.9. The van der Waals surface area contributed by atoms with Crippen molar-refractivity contribution >= 4 is 11.8 Å². The zero-order chi connectivity index (χ0) is 24.2. The molecule has 8 nitrogen and oxygen atoms in total. The van der Waals surface area contributed by atoms with Gasteiger partial charge in [0, 0.05) is 25.2 Å². The van der Waals surface area contributed by atoms with Crippen LogP contribution in [0.15, 0.2) is 48.5 Å². The van der Waals surface area contributed by atoms with Gasteiger partial charge in [-0.15, -0.1) is 0 Å². The fourth-order valence-corrected chi connectivity index (χ4v) is 5.17. The summed E-state index contributed by atoms with van der Waals surface area (Å²) in [4.78, 5) is 30.1. The first-order valence-electron chi connectivity index (χ1n) is 12.5. The van der Waals surface area contributed by atoms with Crippen molar-refractivity contribution in [3.05, 3.63) is 59.7 Å². The molecular formula is C27H33N3O5. The van der Waals surface area contributed by atoms with Crippen LogP contribution in [0.4, 0.5) is 0 Å². The van der Waals surface area contributed by atoms with Gasteiger partial charge >= 0.3 is 0 Å². The van der Waals surface area contributed by atoms with E-state index < -0.39 is 12.1 Å². The van der Waals surface area contributed by atoms with Crippen molar-refractivity contribution in [3.63, 3.8) is 0 Å². The topological polar surface area (TPSA) is 91.3 Å². The molecule has 35 heavy (non-hydrogen) atoms. The molecule has 3 aliphatic rings. The number of ether oxygens (including phenoxy) is 2. The molecule has 2 amide bonds. The number of carbonyl (C=O) groups is 2. The third-order valence-corrected chi connectivity index (χ3v) is 7.14. The second kappa shape index (κ2) is 10.7. The molecular weight excluding hydrogens is 446 g/mol. The standard InChI is InChI=1S/C27H33N3O5/c31-25(20-8-9-23-24(16-20)35-15-14-34-23)22(18-29-11-4-5-12-29)28-26(32)21-10-13-30(17-21)27(33)19-6-2-1-3-7-19/h1-3,6-9,16,21-22,25,31H,4-5,10-15,17-18H2,(H,28,32)/t21?,22-,25-/m1/s1. The van der Waals surface area contributed by atoms with Crippen molar-refractivity contribution < 1.29 is 24.2 Å². The van der Waals surface area contributed by atoms with Crippen LogP contribution in [-0.2, 0) is 4.79 Å². The summed E-state index contributed by atoms with van der Waals surface area (Å²) in [6.45, 7) is 4.41. The molecule has 0 radical (unpaired) electrons. The molecule has 1 unspecified atom stereocenters. The van der Waals surface area contributed by atoms with Crippen LogP contribution in [0, 0.1) is 5.92 Å². The predicted octanol–water partition coefficient (Wildman–Crippen LogP) is 2.23. The summed E-state index contributed by atoms with van der Waals surface area (Å²) in [5.41, 5.74) is 1.32. The fourth-order valence-electron chi connectivity index (χ4n) is 5.17. The van der Waals surface area contributed by atoms with Gasteiger partial charge in [-0.1, -0.05) is 24.3 Å². The first-order chi connectivity index (χ1) is 17.1. The number of rotatable bonds is 7. The lowest BCUT2D eigenvalue weighted by Crippen LogP contribution is -2.49. The van der Waals surface area contributed by atoms with Crippen LogP contribution in [0.1, 0.15) is 41.3 Å². The number of hydrogen-bond donors (Lipinski definition) is 2. The van der Waals surface area contributed by atoms with E-state index in [4.69, 9.17) is 9.47 Å². The van der Waals surface area contributed by atoms with Gasteiger partial charge in [-0.25, -0.2) is 0 Å².